The largest absolute Gasteiger partial charge is 0.378 e. The summed E-state index contributed by atoms with van der Waals surface area (Å²) in [7, 11) is 0. The maximum absolute atomic E-state index is 13.0. The molecule has 2 amide bonds. The lowest BCUT2D eigenvalue weighted by Gasteiger charge is -2.63. The van der Waals surface area contributed by atoms with Crippen LogP contribution >= 0.6 is 0 Å². The van der Waals surface area contributed by atoms with Gasteiger partial charge in [0.1, 0.15) is 0 Å². The third kappa shape index (κ3) is 2.63. The first-order chi connectivity index (χ1) is 12.7. The van der Waals surface area contributed by atoms with Crippen LogP contribution in [0.5, 0.6) is 0 Å². The summed E-state index contributed by atoms with van der Waals surface area (Å²) in [5, 5.41) is 0. The van der Waals surface area contributed by atoms with Gasteiger partial charge in [-0.3, -0.25) is 14.5 Å². The van der Waals surface area contributed by atoms with Gasteiger partial charge in [0, 0.05) is 44.2 Å². The van der Waals surface area contributed by atoms with Gasteiger partial charge < -0.3 is 14.5 Å². The van der Waals surface area contributed by atoms with Gasteiger partial charge in [-0.1, -0.05) is 18.2 Å². The van der Waals surface area contributed by atoms with E-state index in [1.165, 1.54) is 0 Å². The number of carbonyl (C=O) groups is 2. The standard InChI is InChI=1S/C20H25N3O3/c24-18(15-4-2-1-3-5-15)21-10-17-11-26-9-8-23(17)20(12-21)13-22(14-20)19(25)16-6-7-16/h1-5,16-17H,6-14H2/t17-/m1/s1. The van der Waals surface area contributed by atoms with Crippen LogP contribution in [0, 0.1) is 5.92 Å². The number of nitrogens with zero attached hydrogens (tertiary/aromatic N) is 3. The molecule has 1 saturated carbocycles. The van der Waals surface area contributed by atoms with Gasteiger partial charge in [-0.05, 0) is 25.0 Å². The summed E-state index contributed by atoms with van der Waals surface area (Å²) < 4.78 is 5.70. The summed E-state index contributed by atoms with van der Waals surface area (Å²) in [5.41, 5.74) is 0.639. The summed E-state index contributed by atoms with van der Waals surface area (Å²) in [5.74, 6) is 0.660. The Balaban J connectivity index is 1.37. The number of hydrogen-bond donors (Lipinski definition) is 0. The average molecular weight is 355 g/mol. The quantitative estimate of drug-likeness (QED) is 0.789. The second kappa shape index (κ2) is 6.06. The van der Waals surface area contributed by atoms with Crippen molar-refractivity contribution >= 4 is 11.8 Å². The molecule has 0 unspecified atom stereocenters. The molecule has 3 saturated heterocycles. The summed E-state index contributed by atoms with van der Waals surface area (Å²) in [6, 6.07) is 9.72. The highest BCUT2D eigenvalue weighted by atomic mass is 16.5. The molecular formula is C20H25N3O3. The first kappa shape index (κ1) is 16.3. The topological polar surface area (TPSA) is 53.1 Å². The maximum Gasteiger partial charge on any atom is 0.253 e. The van der Waals surface area contributed by atoms with E-state index in [0.717, 1.165) is 44.6 Å². The molecule has 0 aromatic heterocycles. The zero-order valence-electron chi connectivity index (χ0n) is 15.0. The minimum Gasteiger partial charge on any atom is -0.378 e. The zero-order valence-corrected chi connectivity index (χ0v) is 15.0. The summed E-state index contributed by atoms with van der Waals surface area (Å²) in [6.07, 6.45) is 2.09. The van der Waals surface area contributed by atoms with Crippen molar-refractivity contribution in [3.05, 3.63) is 35.9 Å². The molecule has 4 fully saturated rings. The number of carbonyl (C=O) groups excluding carboxylic acids is 2. The summed E-state index contributed by atoms with van der Waals surface area (Å²) >= 11 is 0. The molecule has 0 bridgehead atoms. The number of rotatable bonds is 2. The number of ether oxygens (including phenoxy) is 1. The van der Waals surface area contributed by atoms with Crippen LogP contribution in [0.2, 0.25) is 0 Å². The van der Waals surface area contributed by atoms with Crippen molar-refractivity contribution < 1.29 is 14.3 Å². The Labute approximate surface area is 153 Å². The molecule has 4 aliphatic rings. The number of benzene rings is 1. The Morgan fingerprint density at radius 3 is 2.50 bits per heavy atom. The van der Waals surface area contributed by atoms with Gasteiger partial charge in [-0.25, -0.2) is 0 Å². The molecular weight excluding hydrogens is 330 g/mol. The van der Waals surface area contributed by atoms with Crippen molar-refractivity contribution in [2.75, 3.05) is 45.9 Å². The molecule has 1 aliphatic carbocycles. The molecule has 3 aliphatic heterocycles. The van der Waals surface area contributed by atoms with Crippen molar-refractivity contribution in [1.82, 2.24) is 14.7 Å². The molecule has 6 nitrogen and oxygen atoms in total. The predicted octanol–water partition coefficient (Wildman–Crippen LogP) is 0.834. The van der Waals surface area contributed by atoms with Crippen LogP contribution in [0.1, 0.15) is 23.2 Å². The fourth-order valence-corrected chi connectivity index (χ4v) is 4.80. The van der Waals surface area contributed by atoms with E-state index in [4.69, 9.17) is 4.74 Å². The second-order valence-electron chi connectivity index (χ2n) is 8.17. The molecule has 3 heterocycles. The van der Waals surface area contributed by atoms with Gasteiger partial charge in [0.15, 0.2) is 0 Å². The number of morpholine rings is 1. The Kier molecular flexibility index (Phi) is 3.79. The number of fused-ring (bicyclic) bond motifs is 2. The Bertz CT molecular complexity index is 712. The number of likely N-dealkylation sites (tertiary alicyclic amines) is 1. The lowest BCUT2D eigenvalue weighted by molar-refractivity contribution is -0.173. The molecule has 1 atom stereocenters. The SMILES string of the molecule is O=C(c1ccccc1)N1C[C@@H]2COCCN2C2(C1)CN(C(=O)C1CC1)C2. The summed E-state index contributed by atoms with van der Waals surface area (Å²) in [6.45, 7) is 5.19. The van der Waals surface area contributed by atoms with Crippen molar-refractivity contribution in [1.29, 1.82) is 0 Å². The van der Waals surface area contributed by atoms with Crippen molar-refractivity contribution in [3.63, 3.8) is 0 Å². The van der Waals surface area contributed by atoms with Crippen LogP contribution in [0.4, 0.5) is 0 Å². The molecule has 6 heteroatoms. The average Bonchev–Trinajstić information content (AvgIpc) is 3.50. The Morgan fingerprint density at radius 1 is 1.04 bits per heavy atom. The van der Waals surface area contributed by atoms with Gasteiger partial charge in [-0.15, -0.1) is 0 Å². The Hall–Kier alpha value is -1.92. The van der Waals surface area contributed by atoms with Crippen molar-refractivity contribution in [2.45, 2.75) is 24.4 Å². The van der Waals surface area contributed by atoms with Crippen LogP contribution in [0.15, 0.2) is 30.3 Å². The third-order valence-corrected chi connectivity index (χ3v) is 6.27. The smallest absolute Gasteiger partial charge is 0.253 e. The highest BCUT2D eigenvalue weighted by Gasteiger charge is 2.57. The van der Waals surface area contributed by atoms with Crippen LogP contribution in [0.3, 0.4) is 0 Å². The highest BCUT2D eigenvalue weighted by molar-refractivity contribution is 5.94. The van der Waals surface area contributed by atoms with Gasteiger partial charge in [0.05, 0.1) is 24.8 Å². The minimum absolute atomic E-state index is 0.0853. The van der Waals surface area contributed by atoms with Gasteiger partial charge in [-0.2, -0.15) is 0 Å². The lowest BCUT2D eigenvalue weighted by atomic mass is 9.82. The Morgan fingerprint density at radius 2 is 1.77 bits per heavy atom. The van der Waals surface area contributed by atoms with Crippen LogP contribution in [0.25, 0.3) is 0 Å². The van der Waals surface area contributed by atoms with Gasteiger partial charge >= 0.3 is 0 Å². The van der Waals surface area contributed by atoms with Crippen LogP contribution in [-0.2, 0) is 9.53 Å². The van der Waals surface area contributed by atoms with Crippen LogP contribution in [-0.4, -0.2) is 84.0 Å². The fraction of sp³-hybridized carbons (Fsp3) is 0.600. The fourth-order valence-electron chi connectivity index (χ4n) is 4.80. The van der Waals surface area contributed by atoms with E-state index in [9.17, 15) is 9.59 Å². The molecule has 138 valence electrons. The third-order valence-electron chi connectivity index (χ3n) is 6.27. The van der Waals surface area contributed by atoms with E-state index in [0.29, 0.717) is 25.6 Å². The molecule has 26 heavy (non-hydrogen) atoms. The number of hydrogen-bond acceptors (Lipinski definition) is 4. The predicted molar refractivity (Wildman–Crippen MR) is 95.7 cm³/mol. The molecule has 0 N–H and O–H groups in total. The molecule has 1 aromatic carbocycles. The van der Waals surface area contributed by atoms with Crippen molar-refractivity contribution in [2.24, 2.45) is 5.92 Å². The second-order valence-corrected chi connectivity index (χ2v) is 8.17. The van der Waals surface area contributed by atoms with E-state index < -0.39 is 0 Å². The number of amides is 2. The minimum atomic E-state index is -0.0955. The first-order valence-corrected chi connectivity index (χ1v) is 9.64. The van der Waals surface area contributed by atoms with Gasteiger partial charge in [0.25, 0.3) is 5.91 Å². The monoisotopic (exact) mass is 355 g/mol. The van der Waals surface area contributed by atoms with Crippen molar-refractivity contribution in [3.8, 4) is 0 Å². The van der Waals surface area contributed by atoms with Gasteiger partial charge in [0.2, 0.25) is 5.91 Å². The van der Waals surface area contributed by atoms with E-state index in [-0.39, 0.29) is 23.4 Å². The molecule has 5 rings (SSSR count). The van der Waals surface area contributed by atoms with E-state index in [1.807, 2.05) is 40.1 Å². The highest BCUT2D eigenvalue weighted by Crippen LogP contribution is 2.39. The zero-order chi connectivity index (χ0) is 17.7. The maximum atomic E-state index is 13.0. The normalized spacial score (nSPS) is 27.8. The summed E-state index contributed by atoms with van der Waals surface area (Å²) in [4.78, 5) is 31.9. The first-order valence-electron chi connectivity index (χ1n) is 9.64. The van der Waals surface area contributed by atoms with Crippen LogP contribution < -0.4 is 0 Å². The van der Waals surface area contributed by atoms with E-state index >= 15 is 0 Å². The number of piperazine rings is 1. The lowest BCUT2D eigenvalue weighted by Crippen LogP contribution is -2.81. The molecule has 1 aromatic rings. The molecule has 1 spiro atoms. The molecule has 0 radical (unpaired) electrons. The van der Waals surface area contributed by atoms with E-state index in [2.05, 4.69) is 4.90 Å². The van der Waals surface area contributed by atoms with E-state index in [1.54, 1.807) is 0 Å².